The van der Waals surface area contributed by atoms with E-state index < -0.39 is 20.9 Å². The van der Waals surface area contributed by atoms with Crippen LogP contribution in [0.4, 0.5) is 11.4 Å². The van der Waals surface area contributed by atoms with Crippen LogP contribution in [0.5, 0.6) is 0 Å². The summed E-state index contributed by atoms with van der Waals surface area (Å²) in [7, 11) is -3.95. The van der Waals surface area contributed by atoms with E-state index in [-0.39, 0.29) is 33.4 Å². The number of hydrogen-bond acceptors (Lipinski definition) is 5. The lowest BCUT2D eigenvalue weighted by molar-refractivity contribution is -0.384. The van der Waals surface area contributed by atoms with Gasteiger partial charge in [0.1, 0.15) is 0 Å². The van der Waals surface area contributed by atoms with Crippen LogP contribution in [0, 0.1) is 10.1 Å². The number of benzene rings is 3. The lowest BCUT2D eigenvalue weighted by Crippen LogP contribution is -2.23. The second-order valence-corrected chi connectivity index (χ2v) is 8.31. The number of non-ortho nitro benzene ring substituents is 1. The quantitative estimate of drug-likeness (QED) is 0.421. The van der Waals surface area contributed by atoms with Gasteiger partial charge < -0.3 is 5.32 Å². The molecule has 154 valence electrons. The summed E-state index contributed by atoms with van der Waals surface area (Å²) < 4.78 is 27.7. The van der Waals surface area contributed by atoms with Gasteiger partial charge in [0.25, 0.3) is 21.6 Å². The maximum absolute atomic E-state index is 12.6. The van der Waals surface area contributed by atoms with Crippen LogP contribution < -0.4 is 10.0 Å². The van der Waals surface area contributed by atoms with Crippen LogP contribution >= 0.6 is 11.6 Å². The van der Waals surface area contributed by atoms with Gasteiger partial charge in [-0.15, -0.1) is 0 Å². The number of nitro benzene ring substituents is 1. The molecule has 0 aliphatic heterocycles. The van der Waals surface area contributed by atoms with Crippen LogP contribution in [0.25, 0.3) is 0 Å². The Balaban J connectivity index is 1.71. The van der Waals surface area contributed by atoms with Crippen molar-refractivity contribution >= 4 is 38.9 Å². The fourth-order valence-electron chi connectivity index (χ4n) is 2.57. The van der Waals surface area contributed by atoms with Gasteiger partial charge in [0.15, 0.2) is 0 Å². The number of nitrogens with zero attached hydrogens (tertiary/aromatic N) is 1. The summed E-state index contributed by atoms with van der Waals surface area (Å²) in [5, 5.41) is 13.6. The van der Waals surface area contributed by atoms with Gasteiger partial charge in [-0.2, -0.15) is 0 Å². The summed E-state index contributed by atoms with van der Waals surface area (Å²) in [6.45, 7) is 0.131. The average Bonchev–Trinajstić information content (AvgIpc) is 2.74. The third-order valence-electron chi connectivity index (χ3n) is 4.12. The number of nitrogens with one attached hydrogen (secondary N) is 2. The van der Waals surface area contributed by atoms with Gasteiger partial charge in [0.2, 0.25) is 0 Å². The van der Waals surface area contributed by atoms with Gasteiger partial charge in [-0.25, -0.2) is 8.42 Å². The molecule has 0 saturated carbocycles. The summed E-state index contributed by atoms with van der Waals surface area (Å²) in [6.07, 6.45) is 0. The number of carbonyl (C=O) groups excluding carboxylic acids is 1. The lowest BCUT2D eigenvalue weighted by Gasteiger charge is -2.11. The molecule has 1 amide bonds. The Morgan fingerprint density at radius 3 is 2.37 bits per heavy atom. The Morgan fingerprint density at radius 2 is 1.70 bits per heavy atom. The Kier molecular flexibility index (Phi) is 6.34. The average molecular weight is 446 g/mol. The predicted octanol–water partition coefficient (Wildman–Crippen LogP) is 3.98. The van der Waals surface area contributed by atoms with Crippen LogP contribution in [0.3, 0.4) is 0 Å². The van der Waals surface area contributed by atoms with E-state index in [1.54, 1.807) is 18.2 Å². The Hall–Kier alpha value is -3.43. The molecule has 0 fully saturated rings. The van der Waals surface area contributed by atoms with E-state index in [0.29, 0.717) is 5.56 Å². The Labute approximate surface area is 177 Å². The molecule has 30 heavy (non-hydrogen) atoms. The highest BCUT2D eigenvalue weighted by atomic mass is 35.5. The van der Waals surface area contributed by atoms with E-state index in [1.165, 1.54) is 54.6 Å². The van der Waals surface area contributed by atoms with Crippen molar-refractivity contribution in [2.45, 2.75) is 11.4 Å². The number of halogens is 1. The van der Waals surface area contributed by atoms with Crippen molar-refractivity contribution in [3.63, 3.8) is 0 Å². The van der Waals surface area contributed by atoms with Crippen molar-refractivity contribution < 1.29 is 18.1 Å². The first-order valence-corrected chi connectivity index (χ1v) is 10.5. The maximum Gasteiger partial charge on any atom is 0.269 e. The van der Waals surface area contributed by atoms with Crippen molar-refractivity contribution in [1.29, 1.82) is 0 Å². The SMILES string of the molecule is O=C(NCc1ccc([N+](=O)[O-])cc1)c1cccc(S(=O)(=O)Nc2ccccc2Cl)c1. The molecular formula is C20H16ClN3O5S. The molecule has 3 aromatic rings. The van der Waals surface area contributed by atoms with Gasteiger partial charge in [-0.3, -0.25) is 19.6 Å². The summed E-state index contributed by atoms with van der Waals surface area (Å²) in [4.78, 5) is 22.5. The molecule has 0 aliphatic rings. The van der Waals surface area contributed by atoms with Crippen molar-refractivity contribution in [2.75, 3.05) is 4.72 Å². The molecule has 0 bridgehead atoms. The van der Waals surface area contributed by atoms with E-state index in [0.717, 1.165) is 0 Å². The molecule has 8 nitrogen and oxygen atoms in total. The van der Waals surface area contributed by atoms with Gasteiger partial charge in [0, 0.05) is 24.2 Å². The molecule has 0 saturated heterocycles. The zero-order valence-electron chi connectivity index (χ0n) is 15.4. The van der Waals surface area contributed by atoms with Gasteiger partial charge >= 0.3 is 0 Å². The second kappa shape index (κ2) is 8.93. The number of sulfonamides is 1. The third-order valence-corrected chi connectivity index (χ3v) is 5.82. The van der Waals surface area contributed by atoms with E-state index >= 15 is 0 Å². The van der Waals surface area contributed by atoms with Crippen molar-refractivity contribution in [2.24, 2.45) is 0 Å². The number of nitro groups is 1. The van der Waals surface area contributed by atoms with Crippen LogP contribution in [-0.4, -0.2) is 19.2 Å². The molecule has 0 aliphatic carbocycles. The zero-order chi connectivity index (χ0) is 21.7. The maximum atomic E-state index is 12.6. The molecule has 10 heteroatoms. The highest BCUT2D eigenvalue weighted by Crippen LogP contribution is 2.24. The number of para-hydroxylation sites is 1. The van der Waals surface area contributed by atoms with Gasteiger partial charge in [-0.1, -0.05) is 41.9 Å². The zero-order valence-corrected chi connectivity index (χ0v) is 17.0. The Morgan fingerprint density at radius 1 is 1.00 bits per heavy atom. The second-order valence-electron chi connectivity index (χ2n) is 6.22. The molecule has 0 aromatic heterocycles. The summed E-state index contributed by atoms with van der Waals surface area (Å²) >= 11 is 6.00. The number of rotatable bonds is 7. The molecule has 0 heterocycles. The van der Waals surface area contributed by atoms with Crippen LogP contribution in [0.2, 0.25) is 5.02 Å². The molecule has 2 N–H and O–H groups in total. The van der Waals surface area contributed by atoms with E-state index in [2.05, 4.69) is 10.0 Å². The largest absolute Gasteiger partial charge is 0.348 e. The number of amides is 1. The summed E-state index contributed by atoms with van der Waals surface area (Å²) in [6, 6.07) is 17.7. The minimum Gasteiger partial charge on any atom is -0.348 e. The predicted molar refractivity (Wildman–Crippen MR) is 113 cm³/mol. The first kappa shape index (κ1) is 21.3. The van der Waals surface area contributed by atoms with E-state index in [9.17, 15) is 23.3 Å². The Bertz CT molecular complexity index is 1200. The normalized spacial score (nSPS) is 11.0. The van der Waals surface area contributed by atoms with Crippen LogP contribution in [0.1, 0.15) is 15.9 Å². The molecule has 3 aromatic carbocycles. The van der Waals surface area contributed by atoms with Crippen molar-refractivity contribution in [3.8, 4) is 0 Å². The summed E-state index contributed by atoms with van der Waals surface area (Å²) in [5.41, 5.74) is 0.998. The van der Waals surface area contributed by atoms with E-state index in [4.69, 9.17) is 11.6 Å². The first-order valence-electron chi connectivity index (χ1n) is 8.65. The molecule has 0 atom stereocenters. The standard InChI is InChI=1S/C20H16ClN3O5S/c21-18-6-1-2-7-19(18)23-30(28,29)17-5-3-4-15(12-17)20(25)22-13-14-8-10-16(11-9-14)24(26)27/h1-12,23H,13H2,(H,22,25). The van der Waals surface area contributed by atoms with Crippen molar-refractivity contribution in [1.82, 2.24) is 5.32 Å². The minimum atomic E-state index is -3.95. The highest BCUT2D eigenvalue weighted by Gasteiger charge is 2.17. The fraction of sp³-hybridized carbons (Fsp3) is 0.0500. The van der Waals surface area contributed by atoms with Gasteiger partial charge in [-0.05, 0) is 35.9 Å². The third kappa shape index (κ3) is 5.13. The van der Waals surface area contributed by atoms with Crippen molar-refractivity contribution in [3.05, 3.63) is 99.1 Å². The molecule has 0 unspecified atom stereocenters. The topological polar surface area (TPSA) is 118 Å². The fourth-order valence-corrected chi connectivity index (χ4v) is 3.94. The molecule has 0 radical (unpaired) electrons. The van der Waals surface area contributed by atoms with Crippen LogP contribution in [-0.2, 0) is 16.6 Å². The lowest BCUT2D eigenvalue weighted by atomic mass is 10.2. The minimum absolute atomic E-state index is 0.0472. The smallest absolute Gasteiger partial charge is 0.269 e. The highest BCUT2D eigenvalue weighted by molar-refractivity contribution is 7.92. The number of hydrogen-bond donors (Lipinski definition) is 2. The molecule has 3 rings (SSSR count). The number of carbonyl (C=O) groups is 1. The summed E-state index contributed by atoms with van der Waals surface area (Å²) in [5.74, 6) is -0.483. The monoisotopic (exact) mass is 445 g/mol. The molecular weight excluding hydrogens is 430 g/mol. The van der Waals surface area contributed by atoms with E-state index in [1.807, 2.05) is 0 Å². The number of anilines is 1. The molecule has 0 spiro atoms. The van der Waals surface area contributed by atoms with Gasteiger partial charge in [0.05, 0.1) is 20.5 Å². The first-order chi connectivity index (χ1) is 14.3. The van der Waals surface area contributed by atoms with Crippen LogP contribution in [0.15, 0.2) is 77.7 Å².